The summed E-state index contributed by atoms with van der Waals surface area (Å²) in [5.41, 5.74) is 1.82. The van der Waals surface area contributed by atoms with E-state index < -0.39 is 0 Å². The lowest BCUT2D eigenvalue weighted by Crippen LogP contribution is -1.97. The van der Waals surface area contributed by atoms with Gasteiger partial charge in [0.2, 0.25) is 0 Å². The Morgan fingerprint density at radius 1 is 1.29 bits per heavy atom. The van der Waals surface area contributed by atoms with Crippen LogP contribution in [0.3, 0.4) is 0 Å². The van der Waals surface area contributed by atoms with Gasteiger partial charge in [0.1, 0.15) is 12.1 Å². The zero-order valence-electron chi connectivity index (χ0n) is 7.40. The maximum absolute atomic E-state index is 12.5. The van der Waals surface area contributed by atoms with Gasteiger partial charge in [0.05, 0.1) is 6.20 Å². The van der Waals surface area contributed by atoms with Gasteiger partial charge in [0.25, 0.3) is 0 Å². The highest BCUT2D eigenvalue weighted by Gasteiger charge is 1.96. The van der Waals surface area contributed by atoms with Crippen LogP contribution in [0.1, 0.15) is 5.56 Å². The zero-order chi connectivity index (χ0) is 9.80. The fourth-order valence-corrected chi connectivity index (χ4v) is 1.09. The molecule has 14 heavy (non-hydrogen) atoms. The predicted octanol–water partition coefficient (Wildman–Crippen LogP) is 2.43. The van der Waals surface area contributed by atoms with E-state index in [2.05, 4.69) is 15.0 Å². The molecule has 0 radical (unpaired) electrons. The highest BCUT2D eigenvalue weighted by Crippen LogP contribution is 2.09. The fraction of sp³-hybridized carbons (Fsp3) is 0.100. The van der Waals surface area contributed by atoms with Crippen molar-refractivity contribution >= 4 is 5.69 Å². The lowest BCUT2D eigenvalue weighted by atomic mass is 10.3. The van der Waals surface area contributed by atoms with Crippen LogP contribution in [0.25, 0.3) is 0 Å². The second-order valence-electron chi connectivity index (χ2n) is 2.89. The van der Waals surface area contributed by atoms with E-state index in [0.717, 1.165) is 11.3 Å². The first-order chi connectivity index (χ1) is 6.84. The largest absolute Gasteiger partial charge is 0.381 e. The van der Waals surface area contributed by atoms with Crippen LogP contribution in [0.4, 0.5) is 10.1 Å². The van der Waals surface area contributed by atoms with Crippen LogP contribution < -0.4 is 5.32 Å². The molecule has 2 rings (SSSR count). The van der Waals surface area contributed by atoms with E-state index in [4.69, 9.17) is 0 Å². The van der Waals surface area contributed by atoms with Gasteiger partial charge in [0.15, 0.2) is 0 Å². The van der Waals surface area contributed by atoms with Gasteiger partial charge in [-0.1, -0.05) is 5.16 Å². The number of hydrogen-bond donors (Lipinski definition) is 1. The molecule has 3 nitrogen and oxygen atoms in total. The molecule has 0 spiro atoms. The summed E-state index contributed by atoms with van der Waals surface area (Å²) < 4.78 is 17.2. The molecule has 0 aliphatic heterocycles. The molecule has 0 amide bonds. The maximum Gasteiger partial charge on any atom is 0.128 e. The second kappa shape index (κ2) is 3.91. The molecule has 0 unspecified atom stereocenters. The smallest absolute Gasteiger partial charge is 0.128 e. The molecule has 1 aromatic heterocycles. The Bertz CT molecular complexity index is 383. The third-order valence-electron chi connectivity index (χ3n) is 1.82. The summed E-state index contributed by atoms with van der Waals surface area (Å²) in [6.45, 7) is 0.620. The Balaban J connectivity index is 1.95. The molecule has 72 valence electrons. The number of rotatable bonds is 3. The quantitative estimate of drug-likeness (QED) is 0.811. The molecule has 0 aliphatic carbocycles. The van der Waals surface area contributed by atoms with Gasteiger partial charge in [-0.3, -0.25) is 0 Å². The van der Waals surface area contributed by atoms with Gasteiger partial charge in [-0.15, -0.1) is 0 Å². The van der Waals surface area contributed by atoms with Crippen molar-refractivity contribution in [3.05, 3.63) is 48.1 Å². The Hall–Kier alpha value is -1.84. The fourth-order valence-electron chi connectivity index (χ4n) is 1.09. The van der Waals surface area contributed by atoms with Crippen LogP contribution in [0, 0.1) is 5.82 Å². The normalized spacial score (nSPS) is 10.1. The first-order valence-electron chi connectivity index (χ1n) is 4.22. The van der Waals surface area contributed by atoms with Crippen LogP contribution in [-0.4, -0.2) is 5.16 Å². The molecular weight excluding hydrogens is 183 g/mol. The molecule has 0 fully saturated rings. The molecule has 1 N–H and O–H groups in total. The number of halogens is 1. The van der Waals surface area contributed by atoms with Gasteiger partial charge in [-0.25, -0.2) is 4.39 Å². The summed E-state index contributed by atoms with van der Waals surface area (Å²) in [6.07, 6.45) is 3.20. The SMILES string of the molecule is Fc1ccc(NCc2cnoc2)cc1. The minimum Gasteiger partial charge on any atom is -0.381 e. The van der Waals surface area contributed by atoms with Crippen LogP contribution in [-0.2, 0) is 6.54 Å². The lowest BCUT2D eigenvalue weighted by molar-refractivity contribution is 0.419. The van der Waals surface area contributed by atoms with Gasteiger partial charge in [-0.2, -0.15) is 0 Å². The first kappa shape index (κ1) is 8.74. The Morgan fingerprint density at radius 2 is 2.07 bits per heavy atom. The Morgan fingerprint density at radius 3 is 2.71 bits per heavy atom. The molecule has 0 atom stereocenters. The summed E-state index contributed by atoms with van der Waals surface area (Å²) in [5, 5.41) is 6.68. The predicted molar refractivity (Wildman–Crippen MR) is 50.2 cm³/mol. The van der Waals surface area contributed by atoms with Crippen molar-refractivity contribution in [1.29, 1.82) is 0 Å². The summed E-state index contributed by atoms with van der Waals surface area (Å²) >= 11 is 0. The molecule has 0 bridgehead atoms. The molecule has 4 heteroatoms. The molecule has 2 aromatic rings. The number of benzene rings is 1. The number of anilines is 1. The number of nitrogens with one attached hydrogen (secondary N) is 1. The topological polar surface area (TPSA) is 38.1 Å². The van der Waals surface area contributed by atoms with Crippen LogP contribution >= 0.6 is 0 Å². The first-order valence-corrected chi connectivity index (χ1v) is 4.22. The third-order valence-corrected chi connectivity index (χ3v) is 1.82. The van der Waals surface area contributed by atoms with Crippen LogP contribution in [0.15, 0.2) is 41.2 Å². The van der Waals surface area contributed by atoms with Crippen molar-refractivity contribution in [3.8, 4) is 0 Å². The van der Waals surface area contributed by atoms with Gasteiger partial charge >= 0.3 is 0 Å². The summed E-state index contributed by atoms with van der Waals surface area (Å²) in [5.74, 6) is -0.236. The van der Waals surface area contributed by atoms with Crippen molar-refractivity contribution in [2.75, 3.05) is 5.32 Å². The van der Waals surface area contributed by atoms with Crippen molar-refractivity contribution in [1.82, 2.24) is 5.16 Å². The number of aromatic nitrogens is 1. The van der Waals surface area contributed by atoms with Crippen molar-refractivity contribution in [2.24, 2.45) is 0 Å². The maximum atomic E-state index is 12.5. The highest BCUT2D eigenvalue weighted by atomic mass is 19.1. The van der Waals surface area contributed by atoms with E-state index in [1.807, 2.05) is 0 Å². The summed E-state index contributed by atoms with van der Waals surface area (Å²) in [7, 11) is 0. The van der Waals surface area contributed by atoms with E-state index in [0.29, 0.717) is 6.54 Å². The molecule has 1 heterocycles. The van der Waals surface area contributed by atoms with E-state index in [-0.39, 0.29) is 5.82 Å². The van der Waals surface area contributed by atoms with Crippen LogP contribution in [0.2, 0.25) is 0 Å². The number of nitrogens with zero attached hydrogens (tertiary/aromatic N) is 1. The van der Waals surface area contributed by atoms with Crippen molar-refractivity contribution < 1.29 is 8.91 Å². The van der Waals surface area contributed by atoms with Gasteiger partial charge in [0, 0.05) is 17.8 Å². The third kappa shape index (κ3) is 2.10. The van der Waals surface area contributed by atoms with E-state index >= 15 is 0 Å². The minimum atomic E-state index is -0.236. The molecular formula is C10H9FN2O. The van der Waals surface area contributed by atoms with Crippen molar-refractivity contribution in [2.45, 2.75) is 6.54 Å². The van der Waals surface area contributed by atoms with E-state index in [9.17, 15) is 4.39 Å². The second-order valence-corrected chi connectivity index (χ2v) is 2.89. The lowest BCUT2D eigenvalue weighted by Gasteiger charge is -2.03. The standard InChI is InChI=1S/C10H9FN2O/c11-9-1-3-10(4-2-9)12-5-8-6-13-14-7-8/h1-4,6-7,12H,5H2. The average molecular weight is 192 g/mol. The molecule has 1 aromatic carbocycles. The van der Waals surface area contributed by atoms with Gasteiger partial charge in [-0.05, 0) is 24.3 Å². The van der Waals surface area contributed by atoms with Crippen molar-refractivity contribution in [3.63, 3.8) is 0 Å². The summed E-state index contributed by atoms with van der Waals surface area (Å²) in [6, 6.07) is 6.19. The highest BCUT2D eigenvalue weighted by molar-refractivity contribution is 5.43. The monoisotopic (exact) mass is 192 g/mol. The van der Waals surface area contributed by atoms with E-state index in [1.165, 1.54) is 12.1 Å². The Labute approximate surface area is 80.5 Å². The molecule has 0 saturated carbocycles. The van der Waals surface area contributed by atoms with Crippen LogP contribution in [0.5, 0.6) is 0 Å². The molecule has 0 saturated heterocycles. The van der Waals surface area contributed by atoms with Gasteiger partial charge < -0.3 is 9.84 Å². The summed E-state index contributed by atoms with van der Waals surface area (Å²) in [4.78, 5) is 0. The van der Waals surface area contributed by atoms with E-state index in [1.54, 1.807) is 24.6 Å². The zero-order valence-corrected chi connectivity index (χ0v) is 7.40. The Kier molecular flexibility index (Phi) is 2.44. The molecule has 0 aliphatic rings. The average Bonchev–Trinajstić information content (AvgIpc) is 2.70. The minimum absolute atomic E-state index is 0.236. The number of hydrogen-bond acceptors (Lipinski definition) is 3.